The number of hydrogen-bond acceptors (Lipinski definition) is 6. The van der Waals surface area contributed by atoms with Gasteiger partial charge in [-0.1, -0.05) is 49.0 Å². The molecule has 1 saturated carbocycles. The number of hydrogen-bond donors (Lipinski definition) is 4. The largest absolute Gasteiger partial charge is 0.385 e. The summed E-state index contributed by atoms with van der Waals surface area (Å²) in [5.41, 5.74) is 10.1. The van der Waals surface area contributed by atoms with Crippen molar-refractivity contribution < 1.29 is 8.95 Å². The number of amidine groups is 1. The Labute approximate surface area is 240 Å². The Morgan fingerprint density at radius 1 is 1.12 bits per heavy atom. The average Bonchev–Trinajstić information content (AvgIpc) is 3.74. The summed E-state index contributed by atoms with van der Waals surface area (Å²) in [6.07, 6.45) is 3.09. The number of nitrogens with two attached hydrogens (primary N) is 1. The van der Waals surface area contributed by atoms with Gasteiger partial charge < -0.3 is 15.8 Å². The molecule has 9 heteroatoms. The van der Waals surface area contributed by atoms with Crippen LogP contribution in [-0.2, 0) is 20.9 Å². The molecule has 1 fully saturated rings. The molecule has 1 heterocycles. The quantitative estimate of drug-likeness (QED) is 0.0753. The van der Waals surface area contributed by atoms with E-state index in [9.17, 15) is 4.21 Å². The van der Waals surface area contributed by atoms with E-state index >= 15 is 0 Å². The first-order valence-corrected chi connectivity index (χ1v) is 15.7. The average molecular weight is 574 g/mol. The molecule has 0 radical (unpaired) electrons. The van der Waals surface area contributed by atoms with Crippen molar-refractivity contribution in [3.63, 3.8) is 0 Å². The van der Waals surface area contributed by atoms with Crippen molar-refractivity contribution in [1.29, 1.82) is 5.41 Å². The number of para-hydroxylation sites is 1. The number of ether oxygens (including phenoxy) is 1. The Morgan fingerprint density at radius 3 is 2.65 bits per heavy atom. The third-order valence-electron chi connectivity index (χ3n) is 6.83. The molecule has 5 rings (SSSR count). The van der Waals surface area contributed by atoms with E-state index in [1.54, 1.807) is 18.4 Å². The summed E-state index contributed by atoms with van der Waals surface area (Å²) in [4.78, 5) is 6.71. The third kappa shape index (κ3) is 6.45. The van der Waals surface area contributed by atoms with Crippen LogP contribution in [0.3, 0.4) is 0 Å². The second-order valence-electron chi connectivity index (χ2n) is 9.88. The smallest absolute Gasteiger partial charge is 0.122 e. The maximum Gasteiger partial charge on any atom is 0.122 e. The zero-order valence-electron chi connectivity index (χ0n) is 22.6. The summed E-state index contributed by atoms with van der Waals surface area (Å²) in [6, 6.07) is 23.3. The molecule has 1 aliphatic carbocycles. The van der Waals surface area contributed by atoms with Gasteiger partial charge in [-0.05, 0) is 67.1 Å². The van der Waals surface area contributed by atoms with Crippen molar-refractivity contribution in [2.24, 2.45) is 5.73 Å². The topological polar surface area (TPSA) is 113 Å². The van der Waals surface area contributed by atoms with Crippen molar-refractivity contribution >= 4 is 47.7 Å². The number of nitrogen functional groups attached to an aromatic ring is 1. The van der Waals surface area contributed by atoms with Crippen LogP contribution in [0.4, 0.5) is 0 Å². The molecule has 0 amide bonds. The number of nitrogens with zero attached hydrogens (tertiary/aromatic N) is 1. The summed E-state index contributed by atoms with van der Waals surface area (Å²) < 4.78 is 24.7. The lowest BCUT2D eigenvalue weighted by atomic mass is 10.0. The third-order valence-corrected chi connectivity index (χ3v) is 10.7. The first kappa shape index (κ1) is 28.0. The molecule has 2 unspecified atom stereocenters. The zero-order valence-corrected chi connectivity index (χ0v) is 24.2. The molecular weight excluding hydrogens is 539 g/mol. The van der Waals surface area contributed by atoms with Gasteiger partial charge in [0.2, 0.25) is 0 Å². The highest BCUT2D eigenvalue weighted by molar-refractivity contribution is 8.01. The van der Waals surface area contributed by atoms with E-state index in [1.165, 1.54) is 0 Å². The van der Waals surface area contributed by atoms with E-state index < -0.39 is 9.71 Å². The fraction of sp³-hybridized carbons (Fsp3) is 0.258. The second kappa shape index (κ2) is 12.3. The van der Waals surface area contributed by atoms with Gasteiger partial charge in [-0.15, -0.1) is 11.3 Å². The SMILES string of the molecule is C=C(NCCCOC)c1cccc(S(=O)(NC(Cc2cccc(C(=N)N)c2)c2nc3ccccc3s2)=C2CC2)c1. The number of nitrogens with one attached hydrogen (secondary N) is 3. The van der Waals surface area contributed by atoms with E-state index in [4.69, 9.17) is 20.9 Å². The Bertz CT molecular complexity index is 1630. The summed E-state index contributed by atoms with van der Waals surface area (Å²) in [5, 5.41) is 12.1. The van der Waals surface area contributed by atoms with E-state index in [0.29, 0.717) is 18.6 Å². The molecule has 7 nitrogen and oxygen atoms in total. The Balaban J connectivity index is 1.50. The number of benzene rings is 3. The predicted octanol–water partition coefficient (Wildman–Crippen LogP) is 5.28. The summed E-state index contributed by atoms with van der Waals surface area (Å²) in [6.45, 7) is 5.64. The minimum Gasteiger partial charge on any atom is -0.385 e. The van der Waals surface area contributed by atoms with Gasteiger partial charge >= 0.3 is 0 Å². The van der Waals surface area contributed by atoms with Crippen LogP contribution in [0, 0.1) is 5.41 Å². The molecule has 1 aliphatic rings. The lowest BCUT2D eigenvalue weighted by molar-refractivity contribution is 0.195. The minimum atomic E-state index is -2.71. The first-order chi connectivity index (χ1) is 19.4. The predicted molar refractivity (Wildman–Crippen MR) is 167 cm³/mol. The Kier molecular flexibility index (Phi) is 8.66. The van der Waals surface area contributed by atoms with Gasteiger partial charge in [0.25, 0.3) is 0 Å². The van der Waals surface area contributed by atoms with Crippen LogP contribution in [0.1, 0.15) is 47.0 Å². The van der Waals surface area contributed by atoms with Gasteiger partial charge in [0.1, 0.15) is 10.8 Å². The highest BCUT2D eigenvalue weighted by Gasteiger charge is 2.30. The lowest BCUT2D eigenvalue weighted by Gasteiger charge is -2.22. The second-order valence-corrected chi connectivity index (χ2v) is 13.3. The van der Waals surface area contributed by atoms with Gasteiger partial charge in [-0.3, -0.25) is 5.41 Å². The summed E-state index contributed by atoms with van der Waals surface area (Å²) in [5.74, 6) is 0.0246. The molecule has 0 saturated heterocycles. The van der Waals surface area contributed by atoms with Gasteiger partial charge in [0.05, 0.1) is 26.0 Å². The molecule has 0 bridgehead atoms. The maximum absolute atomic E-state index is 14.9. The monoisotopic (exact) mass is 573 g/mol. The lowest BCUT2D eigenvalue weighted by Crippen LogP contribution is -2.32. The van der Waals surface area contributed by atoms with Gasteiger partial charge in [0, 0.05) is 41.3 Å². The molecule has 5 N–H and O–H groups in total. The minimum absolute atomic E-state index is 0.0246. The highest BCUT2D eigenvalue weighted by atomic mass is 32.2. The van der Waals surface area contributed by atoms with E-state index in [0.717, 1.165) is 67.6 Å². The van der Waals surface area contributed by atoms with E-state index in [2.05, 4.69) is 22.7 Å². The van der Waals surface area contributed by atoms with Gasteiger partial charge in [-0.2, -0.15) is 0 Å². The van der Waals surface area contributed by atoms with Crippen LogP contribution in [0.5, 0.6) is 0 Å². The molecule has 2 atom stereocenters. The fourth-order valence-electron chi connectivity index (χ4n) is 4.60. The normalized spacial score (nSPS) is 15.0. The zero-order chi connectivity index (χ0) is 28.1. The number of methoxy groups -OCH3 is 1. The Hall–Kier alpha value is -3.50. The van der Waals surface area contributed by atoms with Gasteiger partial charge in [-0.25, -0.2) is 13.9 Å². The Morgan fingerprint density at radius 2 is 1.90 bits per heavy atom. The first-order valence-electron chi connectivity index (χ1n) is 13.3. The van der Waals surface area contributed by atoms with E-state index in [1.807, 2.05) is 66.7 Å². The molecular formula is C31H35N5O2S2. The van der Waals surface area contributed by atoms with Crippen molar-refractivity contribution in [3.8, 4) is 0 Å². The number of fused-ring (bicyclic) bond motifs is 1. The molecule has 208 valence electrons. The summed E-state index contributed by atoms with van der Waals surface area (Å²) >= 11 is 1.61. The fourth-order valence-corrected chi connectivity index (χ4v) is 8.16. The summed E-state index contributed by atoms with van der Waals surface area (Å²) in [7, 11) is -1.02. The number of thiazole rings is 1. The van der Waals surface area contributed by atoms with Crippen molar-refractivity contribution in [3.05, 3.63) is 101 Å². The van der Waals surface area contributed by atoms with Crippen molar-refractivity contribution in [2.75, 3.05) is 20.3 Å². The molecule has 3 aromatic carbocycles. The van der Waals surface area contributed by atoms with Crippen LogP contribution in [0.2, 0.25) is 0 Å². The van der Waals surface area contributed by atoms with Crippen LogP contribution >= 0.6 is 11.3 Å². The standard InChI is InChI=1S/C31H35N5O2S2/c1-21(34-16-7-17-38-2)23-9-6-11-26(20-23)40(37,25-14-15-25)36-28(19-22-8-5-10-24(18-22)30(32)33)31-35-27-12-3-4-13-29(27)39-31/h3-6,8-13,18,20,28,34H,1,7,14-17,19H2,2H3,(H3,32,33)(H,36,37). The van der Waals surface area contributed by atoms with Crippen LogP contribution < -0.4 is 15.8 Å². The number of rotatable bonds is 13. The van der Waals surface area contributed by atoms with Crippen LogP contribution in [-0.4, -0.2) is 40.2 Å². The van der Waals surface area contributed by atoms with Crippen molar-refractivity contribution in [2.45, 2.75) is 36.6 Å². The molecule has 4 aromatic rings. The number of aromatic nitrogens is 1. The van der Waals surface area contributed by atoms with Crippen LogP contribution in [0.25, 0.3) is 15.9 Å². The molecule has 0 aliphatic heterocycles. The molecule has 40 heavy (non-hydrogen) atoms. The molecule has 0 spiro atoms. The molecule has 1 aromatic heterocycles. The van der Waals surface area contributed by atoms with Gasteiger partial charge in [0.15, 0.2) is 0 Å². The highest BCUT2D eigenvalue weighted by Crippen LogP contribution is 2.33. The maximum atomic E-state index is 14.9. The van der Waals surface area contributed by atoms with Crippen molar-refractivity contribution in [1.82, 2.24) is 15.0 Å². The van der Waals surface area contributed by atoms with E-state index in [-0.39, 0.29) is 11.9 Å². The van der Waals surface area contributed by atoms with Crippen LogP contribution in [0.15, 0.2) is 84.3 Å².